The summed E-state index contributed by atoms with van der Waals surface area (Å²) < 4.78 is 37.6. The molecular formula is C18H21F2N3O5. The minimum absolute atomic E-state index is 0.145. The molecule has 0 saturated heterocycles. The average Bonchev–Trinajstić information content (AvgIpc) is 3.02. The summed E-state index contributed by atoms with van der Waals surface area (Å²) in [4.78, 5) is 25.1. The number of hydrogen-bond acceptors (Lipinski definition) is 5. The van der Waals surface area contributed by atoms with Crippen molar-refractivity contribution in [2.75, 3.05) is 20.8 Å². The van der Waals surface area contributed by atoms with Gasteiger partial charge in [0, 0.05) is 26.3 Å². The van der Waals surface area contributed by atoms with Crippen molar-refractivity contribution in [3.8, 4) is 5.75 Å². The van der Waals surface area contributed by atoms with Gasteiger partial charge in [-0.3, -0.25) is 9.48 Å². The lowest BCUT2D eigenvalue weighted by molar-refractivity contribution is 0.0518. The van der Waals surface area contributed by atoms with E-state index >= 15 is 0 Å². The first kappa shape index (κ1) is 21.3. The highest BCUT2D eigenvalue weighted by Gasteiger charge is 2.28. The van der Waals surface area contributed by atoms with Crippen LogP contribution in [-0.4, -0.2) is 58.9 Å². The number of carbonyl (C=O) groups is 2. The summed E-state index contributed by atoms with van der Waals surface area (Å²) >= 11 is 0. The van der Waals surface area contributed by atoms with Crippen LogP contribution < -0.4 is 4.74 Å². The van der Waals surface area contributed by atoms with Crippen molar-refractivity contribution in [3.05, 3.63) is 46.8 Å². The van der Waals surface area contributed by atoms with Crippen LogP contribution in [0.5, 0.6) is 5.75 Å². The number of aromatic carboxylic acids is 1. The summed E-state index contributed by atoms with van der Waals surface area (Å²) in [5, 5.41) is 13.0. The zero-order valence-electron chi connectivity index (χ0n) is 15.7. The molecule has 1 aromatic heterocycles. The molecule has 0 spiro atoms. The molecule has 28 heavy (non-hydrogen) atoms. The molecule has 2 rings (SSSR count). The van der Waals surface area contributed by atoms with Crippen molar-refractivity contribution in [1.29, 1.82) is 0 Å². The van der Waals surface area contributed by atoms with Gasteiger partial charge in [-0.1, -0.05) is 6.07 Å². The van der Waals surface area contributed by atoms with E-state index in [1.807, 2.05) is 0 Å². The van der Waals surface area contributed by atoms with Crippen molar-refractivity contribution in [2.45, 2.75) is 19.6 Å². The topological polar surface area (TPSA) is 93.9 Å². The molecule has 152 valence electrons. The number of hydrogen-bond donors (Lipinski definition) is 1. The van der Waals surface area contributed by atoms with Crippen molar-refractivity contribution < 1.29 is 33.0 Å². The SMILES string of the molecule is COCc1cc(CN(CC(F)F)C(=O)c2c(C(=O)O)cnn2C)ccc1OC. The van der Waals surface area contributed by atoms with Gasteiger partial charge < -0.3 is 19.5 Å². The third-order valence-electron chi connectivity index (χ3n) is 4.04. The molecule has 0 aliphatic heterocycles. The molecule has 1 amide bonds. The lowest BCUT2D eigenvalue weighted by atomic mass is 10.1. The summed E-state index contributed by atoms with van der Waals surface area (Å²) in [6.45, 7) is -0.756. The monoisotopic (exact) mass is 397 g/mol. The van der Waals surface area contributed by atoms with Crippen molar-refractivity contribution in [3.63, 3.8) is 0 Å². The molecule has 0 atom stereocenters. The number of nitrogens with zero attached hydrogens (tertiary/aromatic N) is 3. The number of carboxylic acids is 1. The summed E-state index contributed by atoms with van der Waals surface area (Å²) in [7, 11) is 4.38. The maximum Gasteiger partial charge on any atom is 0.339 e. The molecule has 0 unspecified atom stereocenters. The Morgan fingerprint density at radius 3 is 2.61 bits per heavy atom. The van der Waals surface area contributed by atoms with Gasteiger partial charge in [0.15, 0.2) is 0 Å². The van der Waals surface area contributed by atoms with Gasteiger partial charge in [0.05, 0.1) is 26.5 Å². The molecule has 0 fully saturated rings. The Kier molecular flexibility index (Phi) is 7.05. The van der Waals surface area contributed by atoms with Crippen molar-refractivity contribution in [1.82, 2.24) is 14.7 Å². The smallest absolute Gasteiger partial charge is 0.339 e. The quantitative estimate of drug-likeness (QED) is 0.697. The van der Waals surface area contributed by atoms with Gasteiger partial charge in [-0.2, -0.15) is 5.10 Å². The number of rotatable bonds is 9. The molecule has 8 nitrogen and oxygen atoms in total. The zero-order chi connectivity index (χ0) is 20.8. The maximum atomic E-state index is 13.1. The van der Waals surface area contributed by atoms with Gasteiger partial charge in [-0.05, 0) is 17.7 Å². The fourth-order valence-corrected chi connectivity index (χ4v) is 2.80. The molecule has 1 heterocycles. The standard InChI is InChI=1S/C18H21F2N3O5/c1-22-16(13(7-21-22)18(25)26)17(24)23(9-15(19)20)8-11-4-5-14(28-3)12(6-11)10-27-2/h4-7,15H,8-10H2,1-3H3,(H,25,26). The number of aryl methyl sites for hydroxylation is 1. The van der Waals surface area contributed by atoms with E-state index in [4.69, 9.17) is 9.47 Å². The van der Waals surface area contributed by atoms with Crippen molar-refractivity contribution in [2.24, 2.45) is 7.05 Å². The van der Waals surface area contributed by atoms with Gasteiger partial charge >= 0.3 is 5.97 Å². The van der Waals surface area contributed by atoms with Gasteiger partial charge in [0.1, 0.15) is 17.0 Å². The van der Waals surface area contributed by atoms with Gasteiger partial charge in [0.2, 0.25) is 0 Å². The molecule has 2 aromatic rings. The van der Waals surface area contributed by atoms with Crippen LogP contribution in [0.3, 0.4) is 0 Å². The number of ether oxygens (including phenoxy) is 2. The highest BCUT2D eigenvalue weighted by atomic mass is 19.3. The fourth-order valence-electron chi connectivity index (χ4n) is 2.80. The number of amides is 1. The van der Waals surface area contributed by atoms with E-state index in [0.29, 0.717) is 16.9 Å². The predicted molar refractivity (Wildman–Crippen MR) is 94.6 cm³/mol. The second kappa shape index (κ2) is 9.27. The van der Waals surface area contributed by atoms with Crippen LogP contribution in [0.4, 0.5) is 8.78 Å². The fraction of sp³-hybridized carbons (Fsp3) is 0.389. The molecular weight excluding hydrogens is 376 g/mol. The zero-order valence-corrected chi connectivity index (χ0v) is 15.7. The number of carbonyl (C=O) groups excluding carboxylic acids is 1. The summed E-state index contributed by atoms with van der Waals surface area (Å²) in [6, 6.07) is 4.99. The molecule has 1 N–H and O–H groups in total. The Morgan fingerprint density at radius 2 is 2.04 bits per heavy atom. The van der Waals surface area contributed by atoms with Crippen LogP contribution in [0.2, 0.25) is 0 Å². The predicted octanol–water partition coefficient (Wildman–Crippen LogP) is 2.18. The van der Waals surface area contributed by atoms with E-state index < -0.39 is 24.8 Å². The summed E-state index contributed by atoms with van der Waals surface area (Å²) in [6.07, 6.45) is -1.78. The van der Waals surface area contributed by atoms with Crippen LogP contribution in [0.25, 0.3) is 0 Å². The molecule has 0 aliphatic carbocycles. The Hall–Kier alpha value is -3.01. The highest BCUT2D eigenvalue weighted by molar-refractivity contribution is 6.03. The van der Waals surface area contributed by atoms with Crippen molar-refractivity contribution >= 4 is 11.9 Å². The third kappa shape index (κ3) is 4.83. The number of halogens is 2. The van der Waals surface area contributed by atoms with Crippen LogP contribution in [0, 0.1) is 0 Å². The molecule has 0 aliphatic rings. The van der Waals surface area contributed by atoms with Crippen LogP contribution in [-0.2, 0) is 24.9 Å². The molecule has 0 saturated carbocycles. The first-order chi connectivity index (χ1) is 13.3. The van der Waals surface area contributed by atoms with Crippen LogP contribution >= 0.6 is 0 Å². The Labute approximate surface area is 160 Å². The van der Waals surface area contributed by atoms with E-state index in [1.165, 1.54) is 21.3 Å². The molecule has 0 radical (unpaired) electrons. The van der Waals surface area contributed by atoms with E-state index in [9.17, 15) is 23.5 Å². The number of benzene rings is 1. The van der Waals surface area contributed by atoms with Gasteiger partial charge in [-0.25, -0.2) is 13.6 Å². The molecule has 10 heteroatoms. The van der Waals surface area contributed by atoms with Gasteiger partial charge in [-0.15, -0.1) is 0 Å². The Balaban J connectivity index is 2.37. The van der Waals surface area contributed by atoms with Crippen LogP contribution in [0.1, 0.15) is 32.0 Å². The largest absolute Gasteiger partial charge is 0.496 e. The minimum atomic E-state index is -2.79. The number of methoxy groups -OCH3 is 2. The van der Waals surface area contributed by atoms with E-state index in [-0.39, 0.29) is 24.4 Å². The number of aromatic nitrogens is 2. The second-order valence-corrected chi connectivity index (χ2v) is 5.99. The Morgan fingerprint density at radius 1 is 1.32 bits per heavy atom. The molecule has 1 aromatic carbocycles. The summed E-state index contributed by atoms with van der Waals surface area (Å²) in [5.41, 5.74) is 0.653. The lowest BCUT2D eigenvalue weighted by Gasteiger charge is -2.23. The van der Waals surface area contributed by atoms with E-state index in [1.54, 1.807) is 18.2 Å². The average molecular weight is 397 g/mol. The third-order valence-corrected chi connectivity index (χ3v) is 4.04. The van der Waals surface area contributed by atoms with E-state index in [0.717, 1.165) is 15.8 Å². The maximum absolute atomic E-state index is 13.1. The number of alkyl halides is 2. The molecule has 0 bridgehead atoms. The van der Waals surface area contributed by atoms with Crippen LogP contribution in [0.15, 0.2) is 24.4 Å². The Bertz CT molecular complexity index is 854. The minimum Gasteiger partial charge on any atom is -0.496 e. The first-order valence-corrected chi connectivity index (χ1v) is 8.25. The summed E-state index contributed by atoms with van der Waals surface area (Å²) in [5.74, 6) is -1.64. The normalized spacial score (nSPS) is 10.9. The number of carboxylic acid groups (broad SMARTS) is 1. The lowest BCUT2D eigenvalue weighted by Crippen LogP contribution is -2.36. The van der Waals surface area contributed by atoms with E-state index in [2.05, 4.69) is 5.10 Å². The first-order valence-electron chi connectivity index (χ1n) is 8.25. The highest BCUT2D eigenvalue weighted by Crippen LogP contribution is 2.23. The van der Waals surface area contributed by atoms with Gasteiger partial charge in [0.25, 0.3) is 12.3 Å². The second-order valence-electron chi connectivity index (χ2n) is 5.99.